The summed E-state index contributed by atoms with van der Waals surface area (Å²) in [4.78, 5) is 18.3. The number of pyridine rings is 1. The van der Waals surface area contributed by atoms with Crippen LogP contribution in [0.2, 0.25) is 0 Å². The van der Waals surface area contributed by atoms with Crippen LogP contribution >= 0.6 is 0 Å². The van der Waals surface area contributed by atoms with Gasteiger partial charge in [-0.25, -0.2) is 4.39 Å². The summed E-state index contributed by atoms with van der Waals surface area (Å²) in [5.41, 5.74) is 3.70. The van der Waals surface area contributed by atoms with Crippen LogP contribution in [0.25, 0.3) is 5.57 Å². The first kappa shape index (κ1) is 18.1. The van der Waals surface area contributed by atoms with Gasteiger partial charge in [0, 0.05) is 30.8 Å². The number of nitrogens with zero attached hydrogens (tertiary/aromatic N) is 2. The van der Waals surface area contributed by atoms with E-state index in [1.807, 2.05) is 18.1 Å². The molecule has 0 spiro atoms. The largest absolute Gasteiger partial charge is 0.319 e. The van der Waals surface area contributed by atoms with Crippen molar-refractivity contribution >= 4 is 11.5 Å². The summed E-state index contributed by atoms with van der Waals surface area (Å²) < 4.78 is 13.8. The monoisotopic (exact) mass is 380 g/mol. The molecule has 1 amide bonds. The SMILES string of the molecule is CN1C(=O)CCC2(C)C1=CCC1C3CC=C(c4cncc(F)c4)C3(C)CCC12. The molecule has 1 aromatic heterocycles. The first-order chi connectivity index (χ1) is 13.3. The topological polar surface area (TPSA) is 33.2 Å². The molecule has 1 saturated carbocycles. The number of rotatable bonds is 1. The Morgan fingerprint density at radius 3 is 2.71 bits per heavy atom. The Morgan fingerprint density at radius 1 is 1.11 bits per heavy atom. The second-order valence-electron chi connectivity index (χ2n) is 9.77. The van der Waals surface area contributed by atoms with Crippen molar-refractivity contribution in [2.75, 3.05) is 7.05 Å². The van der Waals surface area contributed by atoms with E-state index in [1.165, 1.54) is 23.9 Å². The molecule has 0 radical (unpaired) electrons. The van der Waals surface area contributed by atoms with E-state index >= 15 is 0 Å². The lowest BCUT2D eigenvalue weighted by atomic mass is 9.49. The molecule has 1 aliphatic heterocycles. The molecule has 2 heterocycles. The van der Waals surface area contributed by atoms with Crippen molar-refractivity contribution in [3.8, 4) is 0 Å². The quantitative estimate of drug-likeness (QED) is 0.671. The molecule has 0 bridgehead atoms. The van der Waals surface area contributed by atoms with E-state index in [0.29, 0.717) is 24.2 Å². The van der Waals surface area contributed by atoms with Gasteiger partial charge in [-0.1, -0.05) is 26.0 Å². The molecule has 1 saturated heterocycles. The summed E-state index contributed by atoms with van der Waals surface area (Å²) in [6, 6.07) is 1.64. The van der Waals surface area contributed by atoms with Gasteiger partial charge in [-0.3, -0.25) is 9.78 Å². The lowest BCUT2D eigenvalue weighted by molar-refractivity contribution is -0.135. The number of fused-ring (bicyclic) bond motifs is 5. The Bertz CT molecular complexity index is 906. The van der Waals surface area contributed by atoms with Gasteiger partial charge in [-0.2, -0.15) is 0 Å². The van der Waals surface area contributed by atoms with Crippen molar-refractivity contribution in [3.05, 3.63) is 47.7 Å². The molecule has 4 aliphatic rings. The molecule has 3 nitrogen and oxygen atoms in total. The van der Waals surface area contributed by atoms with E-state index in [0.717, 1.165) is 31.2 Å². The number of carbonyl (C=O) groups excluding carboxylic acids is 1. The van der Waals surface area contributed by atoms with Crippen molar-refractivity contribution in [2.45, 2.75) is 52.4 Å². The van der Waals surface area contributed by atoms with Crippen molar-refractivity contribution < 1.29 is 9.18 Å². The minimum absolute atomic E-state index is 0.0920. The Labute approximate surface area is 166 Å². The van der Waals surface area contributed by atoms with Gasteiger partial charge in [-0.05, 0) is 72.5 Å². The van der Waals surface area contributed by atoms with Crippen LogP contribution in [0.5, 0.6) is 0 Å². The molecular weight excluding hydrogens is 351 g/mol. The number of piperidine rings is 1. The van der Waals surface area contributed by atoms with Gasteiger partial charge in [0.05, 0.1) is 6.20 Å². The van der Waals surface area contributed by atoms with E-state index in [9.17, 15) is 9.18 Å². The normalized spacial score (nSPS) is 39.6. The maximum Gasteiger partial charge on any atom is 0.226 e. The number of halogens is 1. The Hall–Kier alpha value is -1.97. The molecular formula is C24H29FN2O. The maximum absolute atomic E-state index is 13.8. The summed E-state index contributed by atoms with van der Waals surface area (Å²) in [6.45, 7) is 4.77. The summed E-state index contributed by atoms with van der Waals surface area (Å²) in [7, 11) is 1.95. The second kappa shape index (κ2) is 6.01. The number of hydrogen-bond acceptors (Lipinski definition) is 2. The van der Waals surface area contributed by atoms with Crippen LogP contribution < -0.4 is 0 Å². The second-order valence-corrected chi connectivity index (χ2v) is 9.77. The molecule has 5 unspecified atom stereocenters. The summed E-state index contributed by atoms with van der Waals surface area (Å²) in [5.74, 6) is 1.84. The first-order valence-corrected chi connectivity index (χ1v) is 10.6. The predicted octanol–water partition coefficient (Wildman–Crippen LogP) is 5.20. The number of carbonyl (C=O) groups is 1. The molecule has 0 aromatic carbocycles. The molecule has 2 fully saturated rings. The standard InChI is InChI=1S/C24H29FN2O/c1-23-10-8-20-17(4-7-21-24(20,2)11-9-22(28)27(21)3)19(23)6-5-18(23)15-12-16(25)14-26-13-15/h5,7,12-14,17,19-20H,4,6,8-11H2,1-3H3. The van der Waals surface area contributed by atoms with E-state index in [-0.39, 0.29) is 22.6 Å². The molecule has 3 aliphatic carbocycles. The van der Waals surface area contributed by atoms with Gasteiger partial charge in [0.25, 0.3) is 0 Å². The number of likely N-dealkylation sites (tertiary alicyclic amines) is 1. The number of aromatic nitrogens is 1. The van der Waals surface area contributed by atoms with Crippen LogP contribution in [0.4, 0.5) is 4.39 Å². The van der Waals surface area contributed by atoms with Crippen molar-refractivity contribution in [3.63, 3.8) is 0 Å². The fourth-order valence-electron chi connectivity index (χ4n) is 7.15. The number of hydrogen-bond donors (Lipinski definition) is 0. The van der Waals surface area contributed by atoms with E-state index in [2.05, 4.69) is 31.0 Å². The Morgan fingerprint density at radius 2 is 1.93 bits per heavy atom. The highest BCUT2D eigenvalue weighted by Crippen LogP contribution is 2.65. The van der Waals surface area contributed by atoms with Gasteiger partial charge in [0.2, 0.25) is 5.91 Å². The highest BCUT2D eigenvalue weighted by atomic mass is 19.1. The lowest BCUT2D eigenvalue weighted by Gasteiger charge is -2.58. The number of allylic oxidation sites excluding steroid dienone is 4. The molecule has 5 rings (SSSR count). The van der Waals surface area contributed by atoms with Crippen molar-refractivity contribution in [1.29, 1.82) is 0 Å². The van der Waals surface area contributed by atoms with Gasteiger partial charge in [0.15, 0.2) is 0 Å². The summed E-state index contributed by atoms with van der Waals surface area (Å²) in [6.07, 6.45) is 13.9. The van der Waals surface area contributed by atoms with Crippen molar-refractivity contribution in [1.82, 2.24) is 9.88 Å². The van der Waals surface area contributed by atoms with Gasteiger partial charge in [0.1, 0.15) is 5.82 Å². The third kappa shape index (κ3) is 2.33. The fourth-order valence-corrected chi connectivity index (χ4v) is 7.15. The van der Waals surface area contributed by atoms with Crippen LogP contribution in [-0.4, -0.2) is 22.8 Å². The fraction of sp³-hybridized carbons (Fsp3) is 0.583. The van der Waals surface area contributed by atoms with E-state index < -0.39 is 0 Å². The Kier molecular flexibility index (Phi) is 3.88. The van der Waals surface area contributed by atoms with Crippen LogP contribution in [0.3, 0.4) is 0 Å². The average molecular weight is 381 g/mol. The van der Waals surface area contributed by atoms with E-state index in [4.69, 9.17) is 0 Å². The van der Waals surface area contributed by atoms with Crippen molar-refractivity contribution in [2.24, 2.45) is 28.6 Å². The van der Waals surface area contributed by atoms with E-state index in [1.54, 1.807) is 6.07 Å². The average Bonchev–Trinajstić information content (AvgIpc) is 3.02. The zero-order chi connectivity index (χ0) is 19.7. The summed E-state index contributed by atoms with van der Waals surface area (Å²) in [5, 5.41) is 0. The van der Waals surface area contributed by atoms with Gasteiger partial charge < -0.3 is 4.90 Å². The maximum atomic E-state index is 13.8. The van der Waals surface area contributed by atoms with Crippen LogP contribution in [-0.2, 0) is 4.79 Å². The van der Waals surface area contributed by atoms with Gasteiger partial charge >= 0.3 is 0 Å². The zero-order valence-corrected chi connectivity index (χ0v) is 17.0. The first-order valence-electron chi connectivity index (χ1n) is 10.6. The molecule has 5 atom stereocenters. The lowest BCUT2D eigenvalue weighted by Crippen LogP contribution is -2.53. The third-order valence-electron chi connectivity index (χ3n) is 8.61. The minimum Gasteiger partial charge on any atom is -0.319 e. The molecule has 0 N–H and O–H groups in total. The number of amides is 1. The molecule has 148 valence electrons. The molecule has 4 heteroatoms. The highest BCUT2D eigenvalue weighted by Gasteiger charge is 2.57. The van der Waals surface area contributed by atoms with Crippen LogP contribution in [0.1, 0.15) is 57.9 Å². The Balaban J connectivity index is 1.49. The molecule has 28 heavy (non-hydrogen) atoms. The van der Waals surface area contributed by atoms with Crippen LogP contribution in [0, 0.1) is 34.4 Å². The van der Waals surface area contributed by atoms with Crippen LogP contribution in [0.15, 0.2) is 36.3 Å². The third-order valence-corrected chi connectivity index (χ3v) is 8.61. The molecule has 1 aromatic rings. The van der Waals surface area contributed by atoms with Gasteiger partial charge in [-0.15, -0.1) is 0 Å². The predicted molar refractivity (Wildman–Crippen MR) is 107 cm³/mol. The zero-order valence-electron chi connectivity index (χ0n) is 17.0. The highest BCUT2D eigenvalue weighted by molar-refractivity contribution is 5.79. The smallest absolute Gasteiger partial charge is 0.226 e. The summed E-state index contributed by atoms with van der Waals surface area (Å²) >= 11 is 0. The minimum atomic E-state index is -0.258.